The smallest absolute Gasteiger partial charge is 0.325 e. The third-order valence-corrected chi connectivity index (χ3v) is 4.30. The Hall–Kier alpha value is -0.130. The van der Waals surface area contributed by atoms with Crippen molar-refractivity contribution in [2.24, 2.45) is 5.92 Å². The molecule has 0 fully saturated rings. The first-order valence-electron chi connectivity index (χ1n) is 6.19. The van der Waals surface area contributed by atoms with Crippen molar-refractivity contribution in [3.05, 3.63) is 36.2 Å². The van der Waals surface area contributed by atoms with Crippen LogP contribution in [0.3, 0.4) is 0 Å². The van der Waals surface area contributed by atoms with Crippen LogP contribution in [-0.2, 0) is 20.4 Å². The molecule has 28 heavy (non-hydrogen) atoms. The van der Waals surface area contributed by atoms with Crippen molar-refractivity contribution in [1.29, 1.82) is 0 Å². The van der Waals surface area contributed by atoms with E-state index in [1.165, 1.54) is 4.72 Å². The summed E-state index contributed by atoms with van der Waals surface area (Å²) >= 11 is 5.51. The van der Waals surface area contributed by atoms with E-state index >= 15 is 0 Å². The Morgan fingerprint density at radius 1 is 0.929 bits per heavy atom. The number of halogens is 7. The van der Waals surface area contributed by atoms with Crippen LogP contribution in [0.15, 0.2) is 29.2 Å². The molecule has 0 aliphatic rings. The molecule has 0 spiro atoms. The Labute approximate surface area is 183 Å². The molecule has 158 valence electrons. The fourth-order valence-electron chi connectivity index (χ4n) is 1.59. The molecule has 0 saturated carbocycles. The average Bonchev–Trinajstić information content (AvgIpc) is 2.32. The van der Waals surface area contributed by atoms with Crippen molar-refractivity contribution in [1.82, 2.24) is 4.72 Å². The molecule has 17 heteroatoms. The zero-order chi connectivity index (χ0) is 21.8. The largest absolute Gasteiger partial charge is 1.00 e. The molecular weight excluding hydrogens is 479 g/mol. The Balaban J connectivity index is 0. The van der Waals surface area contributed by atoms with Crippen molar-refractivity contribution >= 4 is 32.0 Å². The standard InChI is InChI=1S/C11H9ClF6NO2S.Na.H2O4S/c1-6(9(10(13,14)15)11(16,17)18)19-22(20,21)8-4-2-7(12)3-5-8;;1-5(2,3)4/h2-6,9,19H,1H2;;(H2,1,2,3,4)/q-1;+1;. The van der Waals surface area contributed by atoms with E-state index in [2.05, 4.69) is 6.92 Å². The van der Waals surface area contributed by atoms with Crippen LogP contribution >= 0.6 is 11.6 Å². The summed E-state index contributed by atoms with van der Waals surface area (Å²) < 4.78 is 131. The molecule has 3 N–H and O–H groups in total. The maximum absolute atomic E-state index is 12.5. The van der Waals surface area contributed by atoms with Crippen LogP contribution in [0.5, 0.6) is 0 Å². The number of hydrogen-bond donors (Lipinski definition) is 3. The normalized spacial score (nSPS) is 14.0. The Morgan fingerprint density at radius 2 is 1.25 bits per heavy atom. The van der Waals surface area contributed by atoms with Crippen molar-refractivity contribution in [2.45, 2.75) is 23.3 Å². The van der Waals surface area contributed by atoms with Crippen molar-refractivity contribution in [3.63, 3.8) is 0 Å². The third kappa shape index (κ3) is 11.8. The second-order valence-electron chi connectivity index (χ2n) is 4.69. The maximum atomic E-state index is 12.5. The molecule has 0 heterocycles. The Bertz CT molecular complexity index is 807. The minimum Gasteiger partial charge on any atom is -0.325 e. The van der Waals surface area contributed by atoms with Crippen molar-refractivity contribution in [3.8, 4) is 0 Å². The van der Waals surface area contributed by atoms with Gasteiger partial charge in [-0.2, -0.15) is 34.8 Å². The number of benzene rings is 1. The van der Waals surface area contributed by atoms with Crippen LogP contribution in [0.2, 0.25) is 5.02 Å². The Kier molecular flexibility index (Phi) is 11.6. The van der Waals surface area contributed by atoms with E-state index in [1.54, 1.807) is 0 Å². The van der Waals surface area contributed by atoms with Crippen molar-refractivity contribution in [2.75, 3.05) is 0 Å². The summed E-state index contributed by atoms with van der Waals surface area (Å²) in [5, 5.41) is 0.147. The minimum atomic E-state index is -5.70. The quantitative estimate of drug-likeness (QED) is 0.235. The fourth-order valence-corrected chi connectivity index (χ4v) is 2.88. The van der Waals surface area contributed by atoms with Gasteiger partial charge in [0.05, 0.1) is 4.90 Å². The van der Waals surface area contributed by atoms with E-state index in [4.69, 9.17) is 29.1 Å². The number of hydrogen-bond acceptors (Lipinski definition) is 4. The molecule has 1 atom stereocenters. The van der Waals surface area contributed by atoms with Gasteiger partial charge in [-0.3, -0.25) is 9.11 Å². The van der Waals surface area contributed by atoms with Crippen LogP contribution in [0, 0.1) is 12.8 Å². The summed E-state index contributed by atoms with van der Waals surface area (Å²) in [6, 6.07) is 1.44. The van der Waals surface area contributed by atoms with E-state index in [1.807, 2.05) is 0 Å². The van der Waals surface area contributed by atoms with E-state index in [-0.39, 0.29) is 34.6 Å². The fraction of sp³-hybridized carbons (Fsp3) is 0.364. The van der Waals surface area contributed by atoms with E-state index in [0.29, 0.717) is 0 Å². The molecule has 1 aromatic carbocycles. The number of sulfonamides is 1. The molecule has 1 aromatic rings. The van der Waals surface area contributed by atoms with Crippen LogP contribution < -0.4 is 34.3 Å². The van der Waals surface area contributed by atoms with Gasteiger partial charge in [0.2, 0.25) is 10.0 Å². The predicted octanol–water partition coefficient (Wildman–Crippen LogP) is -0.0870. The van der Waals surface area contributed by atoms with E-state index in [0.717, 1.165) is 24.3 Å². The summed E-state index contributed by atoms with van der Waals surface area (Å²) in [7, 11) is -9.28. The van der Waals surface area contributed by atoms with Gasteiger partial charge < -0.3 is 6.92 Å². The first-order valence-corrected chi connectivity index (χ1v) is 9.45. The summed E-state index contributed by atoms with van der Waals surface area (Å²) in [5.74, 6) is -3.93. The van der Waals surface area contributed by atoms with Crippen molar-refractivity contribution < 1.29 is 81.8 Å². The third-order valence-electron chi connectivity index (χ3n) is 2.54. The van der Waals surface area contributed by atoms with Gasteiger partial charge >= 0.3 is 52.3 Å². The molecule has 0 saturated heterocycles. The number of alkyl halides is 6. The van der Waals surface area contributed by atoms with E-state index < -0.39 is 49.6 Å². The molecular formula is C11H11ClF6NNaO6S2. The van der Waals surface area contributed by atoms with Gasteiger partial charge in [0.1, 0.15) is 5.92 Å². The van der Waals surface area contributed by atoms with E-state index in [9.17, 15) is 34.8 Å². The first kappa shape index (κ1) is 30.1. The zero-order valence-electron chi connectivity index (χ0n) is 13.7. The van der Waals surface area contributed by atoms with Gasteiger partial charge in [-0.05, 0) is 24.3 Å². The SMILES string of the molecule is O=S(=O)(O)O.[CH2-]C(NS(=O)(=O)c1ccc(Cl)cc1)C(C(F)(F)F)C(F)(F)F.[Na+]. The minimum absolute atomic E-state index is 0. The molecule has 0 aromatic heterocycles. The van der Waals surface area contributed by atoms with Crippen LogP contribution in [0.1, 0.15) is 0 Å². The maximum Gasteiger partial charge on any atom is 1.00 e. The molecule has 0 radical (unpaired) electrons. The molecule has 0 aliphatic heterocycles. The van der Waals surface area contributed by atoms with Gasteiger partial charge in [-0.1, -0.05) is 17.6 Å². The van der Waals surface area contributed by atoms with Gasteiger partial charge in [0, 0.05) is 5.02 Å². The molecule has 0 amide bonds. The molecule has 0 aliphatic carbocycles. The second kappa shape index (κ2) is 10.8. The van der Waals surface area contributed by atoms with Gasteiger partial charge in [0.25, 0.3) is 0 Å². The van der Waals surface area contributed by atoms with Crippen LogP contribution in [-0.4, -0.2) is 44.3 Å². The Morgan fingerprint density at radius 3 is 1.54 bits per heavy atom. The average molecular weight is 490 g/mol. The second-order valence-corrected chi connectivity index (χ2v) is 7.74. The molecule has 1 rings (SSSR count). The summed E-state index contributed by atoms with van der Waals surface area (Å²) in [5.41, 5.74) is 0. The summed E-state index contributed by atoms with van der Waals surface area (Å²) in [6.45, 7) is 2.64. The van der Waals surface area contributed by atoms with Crippen LogP contribution in [0.4, 0.5) is 26.3 Å². The zero-order valence-corrected chi connectivity index (χ0v) is 18.0. The predicted molar refractivity (Wildman–Crippen MR) is 80.7 cm³/mol. The van der Waals surface area contributed by atoms with Gasteiger partial charge in [0.15, 0.2) is 0 Å². The molecule has 7 nitrogen and oxygen atoms in total. The van der Waals surface area contributed by atoms with Gasteiger partial charge in [-0.25, -0.2) is 13.1 Å². The molecule has 0 bridgehead atoms. The first-order chi connectivity index (χ1) is 11.7. The van der Waals surface area contributed by atoms with Gasteiger partial charge in [-0.15, -0.1) is 0 Å². The number of rotatable bonds is 4. The van der Waals surface area contributed by atoms with Crippen LogP contribution in [0.25, 0.3) is 0 Å². The topological polar surface area (TPSA) is 121 Å². The monoisotopic (exact) mass is 489 g/mol. The summed E-state index contributed by atoms with van der Waals surface area (Å²) in [4.78, 5) is -0.534. The molecule has 1 unspecified atom stereocenters. The summed E-state index contributed by atoms with van der Waals surface area (Å²) in [6.07, 6.45) is -11.4. The number of nitrogens with one attached hydrogen (secondary N) is 1.